The van der Waals surface area contributed by atoms with Gasteiger partial charge in [-0.05, 0) is 19.8 Å². The van der Waals surface area contributed by atoms with E-state index in [-0.39, 0.29) is 0 Å². The van der Waals surface area contributed by atoms with E-state index in [1.165, 1.54) is 68.5 Å². The minimum Gasteiger partial charge on any atom is -0.246 e. The Morgan fingerprint density at radius 3 is 2.11 bits per heavy atom. The van der Waals surface area contributed by atoms with Crippen LogP contribution < -0.4 is 0 Å². The molecule has 1 unspecified atom stereocenters. The monoisotopic (exact) mass is 281 g/mol. The van der Waals surface area contributed by atoms with Crippen molar-refractivity contribution in [3.63, 3.8) is 0 Å². The first-order valence-corrected chi connectivity index (χ1v) is 8.93. The van der Waals surface area contributed by atoms with Crippen molar-refractivity contribution in [1.82, 2.24) is 4.98 Å². The summed E-state index contributed by atoms with van der Waals surface area (Å²) >= 11 is 1.87. The summed E-state index contributed by atoms with van der Waals surface area (Å²) < 4.78 is 0. The molecule has 0 aliphatic heterocycles. The molecule has 0 amide bonds. The summed E-state index contributed by atoms with van der Waals surface area (Å²) in [6, 6.07) is 0. The SMILES string of the molecule is CCCCCCC(C)(CCCCC)c1nc(C)cs1. The van der Waals surface area contributed by atoms with Crippen LogP contribution >= 0.6 is 11.3 Å². The van der Waals surface area contributed by atoms with Gasteiger partial charge in [-0.3, -0.25) is 0 Å². The highest BCUT2D eigenvalue weighted by atomic mass is 32.1. The Bertz CT molecular complexity index is 345. The fraction of sp³-hybridized carbons (Fsp3) is 0.824. The van der Waals surface area contributed by atoms with E-state index in [9.17, 15) is 0 Å². The highest BCUT2D eigenvalue weighted by Crippen LogP contribution is 2.37. The van der Waals surface area contributed by atoms with Crippen molar-refractivity contribution in [3.8, 4) is 0 Å². The lowest BCUT2D eigenvalue weighted by atomic mass is 9.80. The molecule has 0 N–H and O–H groups in total. The first kappa shape index (κ1) is 16.7. The van der Waals surface area contributed by atoms with Crippen LogP contribution in [0.2, 0.25) is 0 Å². The van der Waals surface area contributed by atoms with Gasteiger partial charge in [0, 0.05) is 16.5 Å². The van der Waals surface area contributed by atoms with Crippen LogP contribution in [0.4, 0.5) is 0 Å². The van der Waals surface area contributed by atoms with Gasteiger partial charge in [0.2, 0.25) is 0 Å². The molecular formula is C17H31NS. The molecule has 0 saturated heterocycles. The van der Waals surface area contributed by atoms with Crippen molar-refractivity contribution < 1.29 is 0 Å². The second-order valence-electron chi connectivity index (χ2n) is 6.12. The second-order valence-corrected chi connectivity index (χ2v) is 6.98. The highest BCUT2D eigenvalue weighted by molar-refractivity contribution is 7.09. The Hall–Kier alpha value is -0.370. The van der Waals surface area contributed by atoms with Crippen LogP contribution in [0.3, 0.4) is 0 Å². The number of hydrogen-bond donors (Lipinski definition) is 0. The van der Waals surface area contributed by atoms with E-state index in [0.29, 0.717) is 5.41 Å². The van der Waals surface area contributed by atoms with E-state index in [4.69, 9.17) is 4.98 Å². The van der Waals surface area contributed by atoms with E-state index in [1.54, 1.807) is 0 Å². The van der Waals surface area contributed by atoms with Gasteiger partial charge in [0.05, 0.1) is 5.01 Å². The van der Waals surface area contributed by atoms with Crippen LogP contribution in [0.1, 0.15) is 89.3 Å². The van der Waals surface area contributed by atoms with E-state index in [1.807, 2.05) is 11.3 Å². The van der Waals surface area contributed by atoms with Gasteiger partial charge in [0.25, 0.3) is 0 Å². The molecule has 2 heteroatoms. The minimum absolute atomic E-state index is 0.321. The van der Waals surface area contributed by atoms with Crippen LogP contribution in [0.15, 0.2) is 5.38 Å². The molecule has 1 aromatic rings. The zero-order chi connectivity index (χ0) is 14.1. The molecule has 1 nitrogen and oxygen atoms in total. The summed E-state index contributed by atoms with van der Waals surface area (Å²) in [5.41, 5.74) is 1.51. The first-order chi connectivity index (χ1) is 9.12. The topological polar surface area (TPSA) is 12.9 Å². The summed E-state index contributed by atoms with van der Waals surface area (Å²) in [4.78, 5) is 4.78. The van der Waals surface area contributed by atoms with Gasteiger partial charge in [-0.25, -0.2) is 4.98 Å². The normalized spacial score (nSPS) is 14.5. The molecule has 1 rings (SSSR count). The fourth-order valence-electron chi connectivity index (χ4n) is 2.68. The fourth-order valence-corrected chi connectivity index (χ4v) is 3.70. The number of hydrogen-bond acceptors (Lipinski definition) is 2. The molecule has 1 atom stereocenters. The van der Waals surface area contributed by atoms with Crippen LogP contribution in [0.5, 0.6) is 0 Å². The molecule has 1 aromatic heterocycles. The number of rotatable bonds is 10. The molecule has 0 aliphatic rings. The van der Waals surface area contributed by atoms with E-state index in [0.717, 1.165) is 0 Å². The van der Waals surface area contributed by atoms with Gasteiger partial charge < -0.3 is 0 Å². The second kappa shape index (κ2) is 8.73. The standard InChI is InChI=1S/C17H31NS/c1-5-7-9-11-13-17(4,12-10-8-6-2)16-18-15(3)14-19-16/h14H,5-13H2,1-4H3. The average Bonchev–Trinajstić information content (AvgIpc) is 2.82. The quantitative estimate of drug-likeness (QED) is 0.461. The third-order valence-electron chi connectivity index (χ3n) is 4.05. The van der Waals surface area contributed by atoms with Gasteiger partial charge in [0.15, 0.2) is 0 Å². The number of nitrogens with zero attached hydrogens (tertiary/aromatic N) is 1. The molecule has 19 heavy (non-hydrogen) atoms. The van der Waals surface area contributed by atoms with Crippen molar-refractivity contribution in [2.75, 3.05) is 0 Å². The molecule has 0 saturated carbocycles. The molecule has 0 spiro atoms. The van der Waals surface area contributed by atoms with Crippen molar-refractivity contribution in [2.45, 2.75) is 90.9 Å². The summed E-state index contributed by atoms with van der Waals surface area (Å²) in [6.45, 7) is 9.12. The number of thiazole rings is 1. The zero-order valence-electron chi connectivity index (χ0n) is 13.3. The Balaban J connectivity index is 2.60. The molecule has 110 valence electrons. The maximum atomic E-state index is 4.78. The lowest BCUT2D eigenvalue weighted by Crippen LogP contribution is -2.22. The van der Waals surface area contributed by atoms with Crippen molar-refractivity contribution in [2.24, 2.45) is 0 Å². The van der Waals surface area contributed by atoms with Crippen molar-refractivity contribution >= 4 is 11.3 Å². The Morgan fingerprint density at radius 1 is 1.00 bits per heavy atom. The van der Waals surface area contributed by atoms with E-state index < -0.39 is 0 Å². The Labute approximate surface area is 123 Å². The lowest BCUT2D eigenvalue weighted by molar-refractivity contribution is 0.364. The summed E-state index contributed by atoms with van der Waals surface area (Å²) in [6.07, 6.45) is 12.1. The predicted octanol–water partition coefficient (Wildman–Crippen LogP) is 6.26. The number of aryl methyl sites for hydroxylation is 1. The Morgan fingerprint density at radius 2 is 1.58 bits per heavy atom. The van der Waals surface area contributed by atoms with Gasteiger partial charge >= 0.3 is 0 Å². The summed E-state index contributed by atoms with van der Waals surface area (Å²) in [5, 5.41) is 3.58. The van der Waals surface area contributed by atoms with Gasteiger partial charge in [-0.1, -0.05) is 65.7 Å². The van der Waals surface area contributed by atoms with E-state index >= 15 is 0 Å². The molecule has 0 bridgehead atoms. The van der Waals surface area contributed by atoms with Crippen LogP contribution in [-0.2, 0) is 5.41 Å². The van der Waals surface area contributed by atoms with Gasteiger partial charge in [-0.2, -0.15) is 0 Å². The first-order valence-electron chi connectivity index (χ1n) is 8.05. The zero-order valence-corrected chi connectivity index (χ0v) is 14.1. The molecule has 0 fully saturated rings. The van der Waals surface area contributed by atoms with Crippen molar-refractivity contribution in [3.05, 3.63) is 16.1 Å². The smallest absolute Gasteiger partial charge is 0.0987 e. The minimum atomic E-state index is 0.321. The molecule has 0 radical (unpaired) electrons. The maximum absolute atomic E-state index is 4.78. The van der Waals surface area contributed by atoms with Crippen LogP contribution in [0, 0.1) is 6.92 Å². The molecule has 0 aromatic carbocycles. The van der Waals surface area contributed by atoms with Gasteiger partial charge in [-0.15, -0.1) is 11.3 Å². The average molecular weight is 282 g/mol. The number of unbranched alkanes of at least 4 members (excludes halogenated alkanes) is 5. The third-order valence-corrected chi connectivity index (χ3v) is 5.32. The number of aromatic nitrogens is 1. The van der Waals surface area contributed by atoms with Crippen LogP contribution in [-0.4, -0.2) is 4.98 Å². The lowest BCUT2D eigenvalue weighted by Gasteiger charge is -2.27. The summed E-state index contributed by atoms with van der Waals surface area (Å²) in [7, 11) is 0. The molecular weight excluding hydrogens is 250 g/mol. The maximum Gasteiger partial charge on any atom is 0.0987 e. The highest BCUT2D eigenvalue weighted by Gasteiger charge is 2.28. The predicted molar refractivity (Wildman–Crippen MR) is 87.1 cm³/mol. The largest absolute Gasteiger partial charge is 0.246 e. The third kappa shape index (κ3) is 5.64. The van der Waals surface area contributed by atoms with Crippen LogP contribution in [0.25, 0.3) is 0 Å². The van der Waals surface area contributed by atoms with E-state index in [2.05, 4.69) is 33.1 Å². The summed E-state index contributed by atoms with van der Waals surface area (Å²) in [5.74, 6) is 0. The molecule has 1 heterocycles. The Kier molecular flexibility index (Phi) is 7.67. The van der Waals surface area contributed by atoms with Crippen molar-refractivity contribution in [1.29, 1.82) is 0 Å². The van der Waals surface area contributed by atoms with Gasteiger partial charge in [0.1, 0.15) is 0 Å². The molecule has 0 aliphatic carbocycles.